The molecule has 0 spiro atoms. The Hall–Kier alpha value is -1.59. The molecule has 0 unspecified atom stereocenters. The smallest absolute Gasteiger partial charge is 0.253 e. The van der Waals surface area contributed by atoms with Gasteiger partial charge in [-0.3, -0.25) is 9.59 Å². The molecule has 0 radical (unpaired) electrons. The van der Waals surface area contributed by atoms with Crippen LogP contribution in [0.15, 0.2) is 18.2 Å². The van der Waals surface area contributed by atoms with Gasteiger partial charge in [0.15, 0.2) is 0 Å². The molecule has 132 valence electrons. The first kappa shape index (κ1) is 18.7. The highest BCUT2D eigenvalue weighted by molar-refractivity contribution is 6.34. The second kappa shape index (κ2) is 9.04. The van der Waals surface area contributed by atoms with Crippen LogP contribution in [0.5, 0.6) is 0 Å². The minimum absolute atomic E-state index is 0.148. The molecule has 0 saturated heterocycles. The van der Waals surface area contributed by atoms with Gasteiger partial charge >= 0.3 is 0 Å². The molecule has 0 aliphatic heterocycles. The summed E-state index contributed by atoms with van der Waals surface area (Å²) in [6.45, 7) is 4.18. The fourth-order valence-corrected chi connectivity index (χ4v) is 2.99. The summed E-state index contributed by atoms with van der Waals surface area (Å²) >= 11 is 6.16. The third-order valence-electron chi connectivity index (χ3n) is 4.11. The van der Waals surface area contributed by atoms with Gasteiger partial charge in [0, 0.05) is 17.8 Å². The van der Waals surface area contributed by atoms with Crippen molar-refractivity contribution in [1.29, 1.82) is 0 Å². The van der Waals surface area contributed by atoms with Crippen LogP contribution in [-0.2, 0) is 4.79 Å². The molecular formula is C18H26ClN3O2. The number of rotatable bonds is 6. The third-order valence-corrected chi connectivity index (χ3v) is 4.44. The van der Waals surface area contributed by atoms with Crippen molar-refractivity contribution in [2.45, 2.75) is 58.0 Å². The van der Waals surface area contributed by atoms with E-state index < -0.39 is 0 Å². The lowest BCUT2D eigenvalue weighted by molar-refractivity contribution is -0.115. The second-order valence-corrected chi connectivity index (χ2v) is 6.99. The summed E-state index contributed by atoms with van der Waals surface area (Å²) in [6, 6.07) is 5.43. The van der Waals surface area contributed by atoms with Crippen molar-refractivity contribution in [2.24, 2.45) is 0 Å². The highest BCUT2D eigenvalue weighted by Gasteiger charge is 2.18. The first-order chi connectivity index (χ1) is 11.5. The zero-order chi connectivity index (χ0) is 17.5. The molecule has 2 amide bonds. The molecular weight excluding hydrogens is 326 g/mol. The van der Waals surface area contributed by atoms with Crippen molar-refractivity contribution in [1.82, 2.24) is 10.6 Å². The maximum atomic E-state index is 12.5. The predicted molar refractivity (Wildman–Crippen MR) is 97.6 cm³/mol. The Morgan fingerprint density at radius 2 is 1.92 bits per heavy atom. The van der Waals surface area contributed by atoms with Gasteiger partial charge in [-0.25, -0.2) is 0 Å². The van der Waals surface area contributed by atoms with E-state index >= 15 is 0 Å². The van der Waals surface area contributed by atoms with Gasteiger partial charge in [0.05, 0.1) is 17.1 Å². The van der Waals surface area contributed by atoms with E-state index in [1.807, 2.05) is 13.8 Å². The van der Waals surface area contributed by atoms with Crippen molar-refractivity contribution in [2.75, 3.05) is 11.9 Å². The zero-order valence-corrected chi connectivity index (χ0v) is 15.1. The lowest BCUT2D eigenvalue weighted by Gasteiger charge is -2.23. The molecule has 1 aromatic carbocycles. The van der Waals surface area contributed by atoms with Gasteiger partial charge in [-0.15, -0.1) is 0 Å². The highest BCUT2D eigenvalue weighted by Crippen LogP contribution is 2.22. The molecule has 1 aliphatic rings. The third kappa shape index (κ3) is 5.80. The van der Waals surface area contributed by atoms with E-state index in [4.69, 9.17) is 11.6 Å². The van der Waals surface area contributed by atoms with Crippen LogP contribution in [0.25, 0.3) is 0 Å². The monoisotopic (exact) mass is 351 g/mol. The fourth-order valence-electron chi connectivity index (χ4n) is 2.79. The minimum Gasteiger partial charge on any atom is -0.349 e. The molecule has 1 fully saturated rings. The minimum atomic E-state index is -0.177. The van der Waals surface area contributed by atoms with Crippen LogP contribution in [0, 0.1) is 0 Å². The number of carbonyl (C=O) groups excluding carboxylic acids is 2. The van der Waals surface area contributed by atoms with Crippen LogP contribution in [-0.4, -0.2) is 30.4 Å². The largest absolute Gasteiger partial charge is 0.349 e. The topological polar surface area (TPSA) is 70.2 Å². The molecule has 0 aromatic heterocycles. The number of nitrogens with one attached hydrogen (secondary N) is 3. The van der Waals surface area contributed by atoms with E-state index in [1.165, 1.54) is 6.42 Å². The van der Waals surface area contributed by atoms with Crippen molar-refractivity contribution in [3.05, 3.63) is 28.8 Å². The lowest BCUT2D eigenvalue weighted by Crippen LogP contribution is -2.36. The molecule has 0 heterocycles. The first-order valence-electron chi connectivity index (χ1n) is 8.59. The molecule has 1 aromatic rings. The number of carbonyl (C=O) groups is 2. The Balaban J connectivity index is 1.99. The highest BCUT2D eigenvalue weighted by atomic mass is 35.5. The van der Waals surface area contributed by atoms with Crippen LogP contribution in [0.2, 0.25) is 5.02 Å². The van der Waals surface area contributed by atoms with E-state index in [0.29, 0.717) is 16.3 Å². The number of anilines is 1. The first-order valence-corrected chi connectivity index (χ1v) is 8.97. The Bertz CT molecular complexity index is 584. The number of halogens is 1. The van der Waals surface area contributed by atoms with E-state index in [0.717, 1.165) is 25.7 Å². The number of hydrogen-bond acceptors (Lipinski definition) is 3. The number of benzene rings is 1. The standard InChI is InChI=1S/C18H26ClN3O2/c1-12(2)20-11-17(23)21-14-8-9-16(19)15(10-14)18(24)22-13-6-4-3-5-7-13/h8-10,12-13,20H,3-7,11H2,1-2H3,(H,21,23)(H,22,24). The van der Waals surface area contributed by atoms with Gasteiger partial charge in [-0.05, 0) is 31.0 Å². The SMILES string of the molecule is CC(C)NCC(=O)Nc1ccc(Cl)c(C(=O)NC2CCCCC2)c1. The molecule has 0 atom stereocenters. The summed E-state index contributed by atoms with van der Waals surface area (Å²) in [5.41, 5.74) is 0.973. The van der Waals surface area contributed by atoms with Gasteiger partial charge in [-0.1, -0.05) is 44.7 Å². The average molecular weight is 352 g/mol. The zero-order valence-electron chi connectivity index (χ0n) is 14.3. The summed E-state index contributed by atoms with van der Waals surface area (Å²) in [7, 11) is 0. The quantitative estimate of drug-likeness (QED) is 0.736. The Kier molecular flexibility index (Phi) is 7.06. The van der Waals surface area contributed by atoms with E-state index in [-0.39, 0.29) is 30.4 Å². The van der Waals surface area contributed by atoms with Crippen LogP contribution in [0.3, 0.4) is 0 Å². The average Bonchev–Trinajstić information content (AvgIpc) is 2.55. The summed E-state index contributed by atoms with van der Waals surface area (Å²) < 4.78 is 0. The molecule has 0 bridgehead atoms. The predicted octanol–water partition coefficient (Wildman–Crippen LogP) is 3.34. The van der Waals surface area contributed by atoms with E-state index in [2.05, 4.69) is 16.0 Å². The van der Waals surface area contributed by atoms with Gasteiger partial charge < -0.3 is 16.0 Å². The Labute approximate surface area is 148 Å². The van der Waals surface area contributed by atoms with E-state index in [9.17, 15) is 9.59 Å². The van der Waals surface area contributed by atoms with Crippen LogP contribution < -0.4 is 16.0 Å². The van der Waals surface area contributed by atoms with E-state index in [1.54, 1.807) is 18.2 Å². The molecule has 3 N–H and O–H groups in total. The molecule has 1 saturated carbocycles. The van der Waals surface area contributed by atoms with Gasteiger partial charge in [-0.2, -0.15) is 0 Å². The number of amides is 2. The van der Waals surface area contributed by atoms with Gasteiger partial charge in [0.1, 0.15) is 0 Å². The normalized spacial score (nSPS) is 15.3. The van der Waals surface area contributed by atoms with Crippen molar-refractivity contribution >= 4 is 29.1 Å². The summed E-state index contributed by atoms with van der Waals surface area (Å²) in [4.78, 5) is 24.4. The maximum absolute atomic E-state index is 12.5. The molecule has 1 aliphatic carbocycles. The summed E-state index contributed by atoms with van der Waals surface area (Å²) in [6.07, 6.45) is 5.57. The van der Waals surface area contributed by atoms with Gasteiger partial charge in [0.2, 0.25) is 5.91 Å². The Morgan fingerprint density at radius 3 is 2.58 bits per heavy atom. The second-order valence-electron chi connectivity index (χ2n) is 6.59. The molecule has 5 nitrogen and oxygen atoms in total. The van der Waals surface area contributed by atoms with Crippen LogP contribution in [0.4, 0.5) is 5.69 Å². The Morgan fingerprint density at radius 1 is 1.21 bits per heavy atom. The fraction of sp³-hybridized carbons (Fsp3) is 0.556. The summed E-state index contributed by atoms with van der Waals surface area (Å²) in [5.74, 6) is -0.326. The van der Waals surface area contributed by atoms with Crippen molar-refractivity contribution in [3.63, 3.8) is 0 Å². The molecule has 24 heavy (non-hydrogen) atoms. The number of hydrogen-bond donors (Lipinski definition) is 3. The summed E-state index contributed by atoms with van der Waals surface area (Å²) in [5, 5.41) is 9.27. The molecule has 2 rings (SSSR count). The lowest BCUT2D eigenvalue weighted by atomic mass is 9.95. The van der Waals surface area contributed by atoms with Crippen molar-refractivity contribution in [3.8, 4) is 0 Å². The maximum Gasteiger partial charge on any atom is 0.253 e. The van der Waals surface area contributed by atoms with Crippen molar-refractivity contribution < 1.29 is 9.59 Å². The van der Waals surface area contributed by atoms with Gasteiger partial charge in [0.25, 0.3) is 5.91 Å². The van der Waals surface area contributed by atoms with Crippen LogP contribution in [0.1, 0.15) is 56.3 Å². The molecule has 6 heteroatoms. The van der Waals surface area contributed by atoms with Crippen LogP contribution >= 0.6 is 11.6 Å².